The van der Waals surface area contributed by atoms with Crippen LogP contribution in [-0.4, -0.2) is 37.2 Å². The minimum absolute atomic E-state index is 0.0635. The second-order valence-electron chi connectivity index (χ2n) is 18.3. The van der Waals surface area contributed by atoms with Crippen molar-refractivity contribution in [2.24, 2.45) is 5.92 Å². The van der Waals surface area contributed by atoms with Gasteiger partial charge < -0.3 is 14.2 Å². The van der Waals surface area contributed by atoms with Crippen molar-refractivity contribution in [1.82, 2.24) is 0 Å². The standard InChI is InChI=1S/C52H100O6/c1-5-7-9-11-13-15-17-18-19-20-21-22-23-24-25-27-33-37-41-45-52(55)58-49(46-56-50(53)43-39-35-31-26-16-14-12-10-8-6-2)47-57-51(54)44-40-36-32-29-28-30-34-38-42-48(3)4/h48-49H,5-47H2,1-4H3/t49-/m0/s1. The summed E-state index contributed by atoms with van der Waals surface area (Å²) in [6, 6.07) is 0. The molecule has 1 atom stereocenters. The monoisotopic (exact) mass is 821 g/mol. The van der Waals surface area contributed by atoms with Gasteiger partial charge >= 0.3 is 17.9 Å². The quantitative estimate of drug-likeness (QED) is 0.0346. The van der Waals surface area contributed by atoms with Crippen LogP contribution in [0.25, 0.3) is 0 Å². The van der Waals surface area contributed by atoms with Crippen LogP contribution in [0.2, 0.25) is 0 Å². The van der Waals surface area contributed by atoms with E-state index < -0.39 is 6.10 Å². The number of unbranched alkanes of at least 4 members (excludes halogenated alkanes) is 34. The van der Waals surface area contributed by atoms with E-state index in [-0.39, 0.29) is 31.1 Å². The first-order valence-electron chi connectivity index (χ1n) is 25.9. The van der Waals surface area contributed by atoms with Crippen molar-refractivity contribution in [3.05, 3.63) is 0 Å². The Morgan fingerprint density at radius 1 is 0.328 bits per heavy atom. The number of rotatable bonds is 47. The van der Waals surface area contributed by atoms with E-state index in [9.17, 15) is 14.4 Å². The molecule has 0 aliphatic heterocycles. The average molecular weight is 821 g/mol. The Morgan fingerprint density at radius 3 is 0.845 bits per heavy atom. The SMILES string of the molecule is CCCCCCCCCCCCCCCCCCCCCC(=O)O[C@@H](COC(=O)CCCCCCCCCCCC)COC(=O)CCCCCCCCCCC(C)C. The first-order chi connectivity index (χ1) is 28.4. The molecule has 0 aliphatic carbocycles. The van der Waals surface area contributed by atoms with Crippen molar-refractivity contribution in [3.63, 3.8) is 0 Å². The molecule has 0 saturated carbocycles. The van der Waals surface area contributed by atoms with E-state index in [4.69, 9.17) is 14.2 Å². The van der Waals surface area contributed by atoms with Crippen LogP contribution in [0.1, 0.15) is 291 Å². The van der Waals surface area contributed by atoms with E-state index in [0.717, 1.165) is 63.7 Å². The van der Waals surface area contributed by atoms with Crippen molar-refractivity contribution >= 4 is 17.9 Å². The summed E-state index contributed by atoms with van der Waals surface area (Å²) in [4.78, 5) is 37.8. The topological polar surface area (TPSA) is 78.9 Å². The van der Waals surface area contributed by atoms with Gasteiger partial charge in [0, 0.05) is 19.3 Å². The second-order valence-corrected chi connectivity index (χ2v) is 18.3. The molecule has 0 N–H and O–H groups in total. The molecular weight excluding hydrogens is 721 g/mol. The van der Waals surface area contributed by atoms with Gasteiger partial charge in [0.25, 0.3) is 0 Å². The fourth-order valence-corrected chi connectivity index (χ4v) is 7.86. The minimum atomic E-state index is -0.760. The fourth-order valence-electron chi connectivity index (χ4n) is 7.86. The Hall–Kier alpha value is -1.59. The lowest BCUT2D eigenvalue weighted by atomic mass is 10.0. The molecule has 0 heterocycles. The lowest BCUT2D eigenvalue weighted by Gasteiger charge is -2.18. The minimum Gasteiger partial charge on any atom is -0.462 e. The predicted molar refractivity (Wildman–Crippen MR) is 247 cm³/mol. The van der Waals surface area contributed by atoms with E-state index in [1.165, 1.54) is 186 Å². The van der Waals surface area contributed by atoms with Gasteiger partial charge in [-0.2, -0.15) is 0 Å². The summed E-state index contributed by atoms with van der Waals surface area (Å²) in [5, 5.41) is 0. The first-order valence-corrected chi connectivity index (χ1v) is 25.9. The molecule has 0 aromatic heterocycles. The van der Waals surface area contributed by atoms with Crippen LogP contribution in [0.5, 0.6) is 0 Å². The third kappa shape index (κ3) is 45.5. The fraction of sp³-hybridized carbons (Fsp3) is 0.942. The van der Waals surface area contributed by atoms with Crippen LogP contribution in [0.4, 0.5) is 0 Å². The summed E-state index contributed by atoms with van der Waals surface area (Å²) in [5.41, 5.74) is 0. The zero-order valence-electron chi connectivity index (χ0n) is 39.5. The highest BCUT2D eigenvalue weighted by Gasteiger charge is 2.19. The Labute approximate surface area is 361 Å². The summed E-state index contributed by atoms with van der Waals surface area (Å²) in [6.45, 7) is 8.98. The molecule has 0 aromatic rings. The van der Waals surface area contributed by atoms with Crippen LogP contribution in [-0.2, 0) is 28.6 Å². The molecule has 0 aromatic carbocycles. The number of hydrogen-bond donors (Lipinski definition) is 0. The maximum absolute atomic E-state index is 12.8. The molecule has 0 rings (SSSR count). The zero-order valence-corrected chi connectivity index (χ0v) is 39.5. The van der Waals surface area contributed by atoms with Crippen LogP contribution in [0, 0.1) is 5.92 Å². The summed E-state index contributed by atoms with van der Waals surface area (Å²) in [7, 11) is 0. The van der Waals surface area contributed by atoms with Gasteiger partial charge in [0.05, 0.1) is 0 Å². The second kappa shape index (κ2) is 46.5. The van der Waals surface area contributed by atoms with Gasteiger partial charge in [-0.3, -0.25) is 14.4 Å². The van der Waals surface area contributed by atoms with Gasteiger partial charge in [0.2, 0.25) is 0 Å². The Balaban J connectivity index is 4.24. The molecule has 0 radical (unpaired) electrons. The number of esters is 3. The number of carbonyl (C=O) groups excluding carboxylic acids is 3. The molecule has 6 nitrogen and oxygen atoms in total. The van der Waals surface area contributed by atoms with Crippen LogP contribution in [0.15, 0.2) is 0 Å². The van der Waals surface area contributed by atoms with Crippen molar-refractivity contribution in [3.8, 4) is 0 Å². The number of carbonyl (C=O) groups is 3. The molecule has 0 aliphatic rings. The van der Waals surface area contributed by atoms with E-state index in [2.05, 4.69) is 27.7 Å². The van der Waals surface area contributed by atoms with Gasteiger partial charge in [-0.15, -0.1) is 0 Å². The highest BCUT2D eigenvalue weighted by molar-refractivity contribution is 5.71. The lowest BCUT2D eigenvalue weighted by Crippen LogP contribution is -2.30. The van der Waals surface area contributed by atoms with Gasteiger partial charge in [0.1, 0.15) is 13.2 Å². The van der Waals surface area contributed by atoms with E-state index in [0.29, 0.717) is 19.3 Å². The molecule has 58 heavy (non-hydrogen) atoms. The summed E-state index contributed by atoms with van der Waals surface area (Å²) >= 11 is 0. The Morgan fingerprint density at radius 2 is 0.569 bits per heavy atom. The third-order valence-electron chi connectivity index (χ3n) is 11.8. The zero-order chi connectivity index (χ0) is 42.4. The summed E-state index contributed by atoms with van der Waals surface area (Å²) in [6.07, 6.45) is 48.1. The maximum atomic E-state index is 12.8. The normalized spacial score (nSPS) is 11.9. The lowest BCUT2D eigenvalue weighted by molar-refractivity contribution is -0.167. The summed E-state index contributed by atoms with van der Waals surface area (Å²) < 4.78 is 16.8. The molecule has 0 saturated heterocycles. The van der Waals surface area contributed by atoms with Crippen molar-refractivity contribution in [1.29, 1.82) is 0 Å². The molecule has 0 spiro atoms. The molecule has 0 bridgehead atoms. The molecule has 0 unspecified atom stereocenters. The molecule has 6 heteroatoms. The van der Waals surface area contributed by atoms with E-state index >= 15 is 0 Å². The molecule has 0 amide bonds. The number of hydrogen-bond acceptors (Lipinski definition) is 6. The Kier molecular flexibility index (Phi) is 45.2. The maximum Gasteiger partial charge on any atom is 0.306 e. The largest absolute Gasteiger partial charge is 0.462 e. The smallest absolute Gasteiger partial charge is 0.306 e. The highest BCUT2D eigenvalue weighted by atomic mass is 16.6. The summed E-state index contributed by atoms with van der Waals surface area (Å²) in [5.74, 6) is -0.0524. The van der Waals surface area contributed by atoms with Gasteiger partial charge in [-0.25, -0.2) is 0 Å². The molecule has 344 valence electrons. The first kappa shape index (κ1) is 56.4. The molecule has 0 fully saturated rings. The molecular formula is C52H100O6. The predicted octanol–water partition coefficient (Wildman–Crippen LogP) is 16.7. The van der Waals surface area contributed by atoms with E-state index in [1.54, 1.807) is 0 Å². The van der Waals surface area contributed by atoms with E-state index in [1.807, 2.05) is 0 Å². The van der Waals surface area contributed by atoms with Crippen LogP contribution < -0.4 is 0 Å². The van der Waals surface area contributed by atoms with Crippen molar-refractivity contribution in [2.75, 3.05) is 13.2 Å². The highest BCUT2D eigenvalue weighted by Crippen LogP contribution is 2.17. The average Bonchev–Trinajstić information content (AvgIpc) is 3.21. The van der Waals surface area contributed by atoms with Crippen molar-refractivity contribution in [2.45, 2.75) is 297 Å². The Bertz CT molecular complexity index is 872. The van der Waals surface area contributed by atoms with Gasteiger partial charge in [-0.05, 0) is 25.2 Å². The van der Waals surface area contributed by atoms with Gasteiger partial charge in [0.15, 0.2) is 6.10 Å². The third-order valence-corrected chi connectivity index (χ3v) is 11.8. The van der Waals surface area contributed by atoms with Crippen LogP contribution >= 0.6 is 0 Å². The van der Waals surface area contributed by atoms with Gasteiger partial charge in [-0.1, -0.05) is 252 Å². The number of ether oxygens (including phenoxy) is 3. The van der Waals surface area contributed by atoms with Crippen LogP contribution in [0.3, 0.4) is 0 Å². The van der Waals surface area contributed by atoms with Crippen molar-refractivity contribution < 1.29 is 28.6 Å².